The fourth-order valence-electron chi connectivity index (χ4n) is 2.64. The van der Waals surface area contributed by atoms with Gasteiger partial charge in [-0.05, 0) is 31.9 Å². The molecule has 108 valence electrons. The van der Waals surface area contributed by atoms with E-state index >= 15 is 0 Å². The van der Waals surface area contributed by atoms with Crippen LogP contribution in [0.25, 0.3) is 0 Å². The van der Waals surface area contributed by atoms with E-state index in [4.69, 9.17) is 0 Å². The highest BCUT2D eigenvalue weighted by molar-refractivity contribution is 5.24. The Balaban J connectivity index is 2.20. The maximum absolute atomic E-state index is 4.57. The molecule has 0 aliphatic heterocycles. The highest BCUT2D eigenvalue weighted by atomic mass is 15.1. The number of hydrogen-bond donors (Lipinski definition) is 1. The molecule has 0 amide bonds. The largest absolute Gasteiger partial charge is 0.334 e. The van der Waals surface area contributed by atoms with Crippen LogP contribution in [0.3, 0.4) is 0 Å². The van der Waals surface area contributed by atoms with Gasteiger partial charge in [-0.2, -0.15) is 0 Å². The molecule has 1 heterocycles. The van der Waals surface area contributed by atoms with Crippen molar-refractivity contribution in [1.29, 1.82) is 0 Å². The van der Waals surface area contributed by atoms with E-state index in [1.165, 1.54) is 11.1 Å². The standard InChI is InChI=1S/C17H25N3/c1-4-10-20-11-9-19-17(20)16(18-5-2)13-15-8-6-7-14(3)12-15/h6-9,11-12,16,18H,4-5,10,13H2,1-3H3. The Morgan fingerprint density at radius 2 is 2.15 bits per heavy atom. The van der Waals surface area contributed by atoms with Crippen molar-refractivity contribution in [2.75, 3.05) is 6.54 Å². The summed E-state index contributed by atoms with van der Waals surface area (Å²) >= 11 is 0. The number of rotatable bonds is 7. The molecular weight excluding hydrogens is 246 g/mol. The van der Waals surface area contributed by atoms with Gasteiger partial charge in [-0.25, -0.2) is 4.98 Å². The second-order valence-electron chi connectivity index (χ2n) is 5.28. The summed E-state index contributed by atoms with van der Waals surface area (Å²) in [6.07, 6.45) is 6.11. The van der Waals surface area contributed by atoms with E-state index in [9.17, 15) is 0 Å². The molecule has 2 rings (SSSR count). The molecule has 0 radical (unpaired) electrons. The van der Waals surface area contributed by atoms with Crippen molar-refractivity contribution in [2.24, 2.45) is 0 Å². The predicted molar refractivity (Wildman–Crippen MR) is 83.8 cm³/mol. The molecule has 0 aliphatic rings. The first-order chi connectivity index (χ1) is 9.74. The average molecular weight is 271 g/mol. The molecule has 3 nitrogen and oxygen atoms in total. The van der Waals surface area contributed by atoms with Crippen molar-refractivity contribution in [1.82, 2.24) is 14.9 Å². The van der Waals surface area contributed by atoms with Gasteiger partial charge in [-0.15, -0.1) is 0 Å². The maximum Gasteiger partial charge on any atom is 0.126 e. The minimum absolute atomic E-state index is 0.281. The Labute approximate surface area is 122 Å². The first kappa shape index (κ1) is 14.8. The number of nitrogens with zero attached hydrogens (tertiary/aromatic N) is 2. The van der Waals surface area contributed by atoms with Gasteiger partial charge in [-0.3, -0.25) is 0 Å². The van der Waals surface area contributed by atoms with Crippen LogP contribution in [0.1, 0.15) is 43.3 Å². The van der Waals surface area contributed by atoms with Gasteiger partial charge in [0, 0.05) is 18.9 Å². The van der Waals surface area contributed by atoms with Gasteiger partial charge in [0.05, 0.1) is 6.04 Å². The number of nitrogens with one attached hydrogen (secondary N) is 1. The molecule has 0 bridgehead atoms. The molecule has 0 spiro atoms. The molecule has 0 saturated carbocycles. The van der Waals surface area contributed by atoms with E-state index in [1.807, 2.05) is 6.20 Å². The highest BCUT2D eigenvalue weighted by Crippen LogP contribution is 2.18. The Hall–Kier alpha value is -1.61. The zero-order valence-corrected chi connectivity index (χ0v) is 12.8. The number of aromatic nitrogens is 2. The topological polar surface area (TPSA) is 29.9 Å². The van der Waals surface area contributed by atoms with Crippen LogP contribution in [0.4, 0.5) is 0 Å². The first-order valence-corrected chi connectivity index (χ1v) is 7.54. The normalized spacial score (nSPS) is 12.6. The second-order valence-corrected chi connectivity index (χ2v) is 5.28. The quantitative estimate of drug-likeness (QED) is 0.835. The minimum Gasteiger partial charge on any atom is -0.334 e. The molecular formula is C17H25N3. The lowest BCUT2D eigenvalue weighted by molar-refractivity contribution is 0.488. The summed E-state index contributed by atoms with van der Waals surface area (Å²) in [6.45, 7) is 8.48. The van der Waals surface area contributed by atoms with E-state index in [2.05, 4.69) is 66.1 Å². The van der Waals surface area contributed by atoms with Gasteiger partial charge < -0.3 is 9.88 Å². The predicted octanol–water partition coefficient (Wildman–Crippen LogP) is 3.49. The van der Waals surface area contributed by atoms with Crippen molar-refractivity contribution < 1.29 is 0 Å². The van der Waals surface area contributed by atoms with Crippen LogP contribution in [0, 0.1) is 6.92 Å². The molecule has 2 aromatic rings. The van der Waals surface area contributed by atoms with Crippen molar-refractivity contribution in [3.05, 3.63) is 53.6 Å². The number of hydrogen-bond acceptors (Lipinski definition) is 2. The van der Waals surface area contributed by atoms with Gasteiger partial charge in [-0.1, -0.05) is 43.7 Å². The zero-order valence-electron chi connectivity index (χ0n) is 12.8. The van der Waals surface area contributed by atoms with E-state index in [-0.39, 0.29) is 6.04 Å². The maximum atomic E-state index is 4.57. The van der Waals surface area contributed by atoms with Crippen molar-refractivity contribution >= 4 is 0 Å². The Bertz CT molecular complexity index is 531. The smallest absolute Gasteiger partial charge is 0.126 e. The lowest BCUT2D eigenvalue weighted by Gasteiger charge is -2.19. The Kier molecular flexibility index (Phi) is 5.36. The van der Waals surface area contributed by atoms with E-state index in [0.717, 1.165) is 31.8 Å². The number of aryl methyl sites for hydroxylation is 2. The summed E-state index contributed by atoms with van der Waals surface area (Å²) in [7, 11) is 0. The van der Waals surface area contributed by atoms with E-state index in [1.54, 1.807) is 0 Å². The highest BCUT2D eigenvalue weighted by Gasteiger charge is 2.16. The van der Waals surface area contributed by atoms with Crippen molar-refractivity contribution in [3.8, 4) is 0 Å². The lowest BCUT2D eigenvalue weighted by Crippen LogP contribution is -2.26. The molecule has 1 atom stereocenters. The van der Waals surface area contributed by atoms with Crippen LogP contribution >= 0.6 is 0 Å². The average Bonchev–Trinajstić information content (AvgIpc) is 2.87. The molecule has 0 saturated heterocycles. The van der Waals surface area contributed by atoms with Gasteiger partial charge in [0.25, 0.3) is 0 Å². The fourth-order valence-corrected chi connectivity index (χ4v) is 2.64. The third-order valence-corrected chi connectivity index (χ3v) is 3.50. The van der Waals surface area contributed by atoms with Crippen molar-refractivity contribution in [3.63, 3.8) is 0 Å². The fraction of sp³-hybridized carbons (Fsp3) is 0.471. The Morgan fingerprint density at radius 1 is 1.30 bits per heavy atom. The summed E-state index contributed by atoms with van der Waals surface area (Å²) in [5, 5.41) is 3.57. The lowest BCUT2D eigenvalue weighted by atomic mass is 10.0. The number of benzene rings is 1. The summed E-state index contributed by atoms with van der Waals surface area (Å²) in [6, 6.07) is 9.01. The van der Waals surface area contributed by atoms with Crippen LogP contribution < -0.4 is 5.32 Å². The third kappa shape index (κ3) is 3.70. The summed E-state index contributed by atoms with van der Waals surface area (Å²) in [5.41, 5.74) is 2.68. The van der Waals surface area contributed by atoms with E-state index < -0.39 is 0 Å². The molecule has 1 N–H and O–H groups in total. The number of imidazole rings is 1. The van der Waals surface area contributed by atoms with Gasteiger partial charge in [0.2, 0.25) is 0 Å². The minimum atomic E-state index is 0.281. The molecule has 3 heteroatoms. The molecule has 1 aromatic heterocycles. The van der Waals surface area contributed by atoms with Crippen LogP contribution in [0.5, 0.6) is 0 Å². The summed E-state index contributed by atoms with van der Waals surface area (Å²) in [4.78, 5) is 4.57. The van der Waals surface area contributed by atoms with E-state index in [0.29, 0.717) is 0 Å². The first-order valence-electron chi connectivity index (χ1n) is 7.54. The van der Waals surface area contributed by atoms with Crippen LogP contribution in [-0.2, 0) is 13.0 Å². The zero-order chi connectivity index (χ0) is 14.4. The summed E-state index contributed by atoms with van der Waals surface area (Å²) in [5.74, 6) is 1.15. The van der Waals surface area contributed by atoms with Gasteiger partial charge in [0.15, 0.2) is 0 Å². The molecule has 20 heavy (non-hydrogen) atoms. The molecule has 1 aromatic carbocycles. The van der Waals surface area contributed by atoms with Gasteiger partial charge in [0.1, 0.15) is 5.82 Å². The van der Waals surface area contributed by atoms with Crippen LogP contribution in [0.15, 0.2) is 36.7 Å². The summed E-state index contributed by atoms with van der Waals surface area (Å²) < 4.78 is 2.27. The SMILES string of the molecule is CCCn1ccnc1C(Cc1cccc(C)c1)NCC. The monoisotopic (exact) mass is 271 g/mol. The second kappa shape index (κ2) is 7.25. The third-order valence-electron chi connectivity index (χ3n) is 3.50. The molecule has 1 unspecified atom stereocenters. The Morgan fingerprint density at radius 3 is 2.85 bits per heavy atom. The number of likely N-dealkylation sites (N-methyl/N-ethyl adjacent to an activating group) is 1. The van der Waals surface area contributed by atoms with Crippen molar-refractivity contribution in [2.45, 2.75) is 46.2 Å². The molecule has 0 aliphatic carbocycles. The van der Waals surface area contributed by atoms with Crippen LogP contribution in [-0.4, -0.2) is 16.1 Å². The molecule has 0 fully saturated rings. The van der Waals surface area contributed by atoms with Gasteiger partial charge >= 0.3 is 0 Å². The van der Waals surface area contributed by atoms with Crippen LogP contribution in [0.2, 0.25) is 0 Å².